The fourth-order valence-electron chi connectivity index (χ4n) is 3.87. The summed E-state index contributed by atoms with van der Waals surface area (Å²) >= 11 is 1.67. The van der Waals surface area contributed by atoms with Crippen LogP contribution in [0.15, 0.2) is 48.5 Å². The van der Waals surface area contributed by atoms with Gasteiger partial charge in [-0.15, -0.1) is 11.3 Å². The molecule has 0 saturated carbocycles. The van der Waals surface area contributed by atoms with E-state index in [1.165, 1.54) is 7.11 Å². The highest BCUT2D eigenvalue weighted by atomic mass is 32.1. The average molecular weight is 424 g/mol. The molecule has 1 aromatic heterocycles. The summed E-state index contributed by atoms with van der Waals surface area (Å²) in [5.41, 5.74) is 1.46. The zero-order valence-corrected chi connectivity index (χ0v) is 17.8. The number of nitrogens with one attached hydrogen (secondary N) is 1. The minimum Gasteiger partial charge on any atom is -0.496 e. The number of fused-ring (bicyclic) bond motifs is 1. The number of aromatic nitrogens is 1. The minimum absolute atomic E-state index is 0.0218. The first-order chi connectivity index (χ1) is 14.7. The van der Waals surface area contributed by atoms with Crippen LogP contribution in [-0.4, -0.2) is 41.9 Å². The number of likely N-dealkylation sites (tertiary alicyclic amines) is 1. The van der Waals surface area contributed by atoms with Gasteiger partial charge in [0.05, 0.1) is 28.9 Å². The molecule has 7 heteroatoms. The summed E-state index contributed by atoms with van der Waals surface area (Å²) in [5.74, 6) is 0.342. The normalized spacial score (nSPS) is 16.4. The molecule has 30 heavy (non-hydrogen) atoms. The van der Waals surface area contributed by atoms with Gasteiger partial charge >= 0.3 is 0 Å². The number of rotatable bonds is 6. The molecule has 1 aliphatic rings. The summed E-state index contributed by atoms with van der Waals surface area (Å²) in [7, 11) is 1.54. The van der Waals surface area contributed by atoms with E-state index in [4.69, 9.17) is 9.72 Å². The number of carbonyl (C=O) groups excluding carboxylic acids is 2. The third-order valence-corrected chi connectivity index (χ3v) is 6.53. The van der Waals surface area contributed by atoms with Crippen LogP contribution < -0.4 is 10.1 Å². The Morgan fingerprint density at radius 1 is 1.17 bits per heavy atom. The summed E-state index contributed by atoms with van der Waals surface area (Å²) in [4.78, 5) is 32.1. The molecule has 3 aromatic rings. The number of amides is 2. The van der Waals surface area contributed by atoms with E-state index in [-0.39, 0.29) is 24.3 Å². The lowest BCUT2D eigenvalue weighted by Crippen LogP contribution is -2.40. The summed E-state index contributed by atoms with van der Waals surface area (Å²) in [5, 5.41) is 3.84. The highest BCUT2D eigenvalue weighted by Crippen LogP contribution is 2.35. The van der Waals surface area contributed by atoms with E-state index in [0.717, 1.165) is 41.0 Å². The summed E-state index contributed by atoms with van der Waals surface area (Å²) < 4.78 is 6.38. The largest absolute Gasteiger partial charge is 0.496 e. The molecule has 6 nitrogen and oxygen atoms in total. The van der Waals surface area contributed by atoms with Crippen LogP contribution in [0.3, 0.4) is 0 Å². The van der Waals surface area contributed by atoms with Gasteiger partial charge in [-0.2, -0.15) is 0 Å². The molecule has 4 rings (SSSR count). The third kappa shape index (κ3) is 4.31. The van der Waals surface area contributed by atoms with E-state index in [2.05, 4.69) is 11.4 Å². The van der Waals surface area contributed by atoms with Crippen molar-refractivity contribution in [1.29, 1.82) is 0 Å². The molecule has 2 aromatic carbocycles. The van der Waals surface area contributed by atoms with Gasteiger partial charge in [-0.25, -0.2) is 4.98 Å². The van der Waals surface area contributed by atoms with E-state index in [1.54, 1.807) is 29.5 Å². The van der Waals surface area contributed by atoms with Crippen molar-refractivity contribution < 1.29 is 14.3 Å². The highest BCUT2D eigenvalue weighted by Gasteiger charge is 2.30. The molecule has 1 fully saturated rings. The Kier molecular flexibility index (Phi) is 6.28. The Labute approximate surface area is 179 Å². The molecule has 156 valence electrons. The van der Waals surface area contributed by atoms with Gasteiger partial charge < -0.3 is 15.0 Å². The lowest BCUT2D eigenvalue weighted by atomic mass is 10.0. The van der Waals surface area contributed by atoms with Crippen LogP contribution in [0.25, 0.3) is 10.2 Å². The highest BCUT2D eigenvalue weighted by molar-refractivity contribution is 7.18. The zero-order chi connectivity index (χ0) is 20.9. The van der Waals surface area contributed by atoms with Crippen molar-refractivity contribution >= 4 is 33.4 Å². The number of hydrogen-bond donors (Lipinski definition) is 1. The van der Waals surface area contributed by atoms with Gasteiger partial charge in [-0.05, 0) is 43.5 Å². The Hall–Kier alpha value is -2.93. The summed E-state index contributed by atoms with van der Waals surface area (Å²) in [6, 6.07) is 15.2. The molecule has 1 atom stereocenters. The molecule has 0 aliphatic carbocycles. The number of para-hydroxylation sites is 2. The molecule has 0 spiro atoms. The quantitative estimate of drug-likeness (QED) is 0.646. The van der Waals surface area contributed by atoms with Crippen LogP contribution in [-0.2, 0) is 4.79 Å². The van der Waals surface area contributed by atoms with Gasteiger partial charge in [-0.3, -0.25) is 9.59 Å². The number of methoxy groups -OCH3 is 1. The van der Waals surface area contributed by atoms with Gasteiger partial charge in [0.1, 0.15) is 10.8 Å². The SMILES string of the molecule is COc1ccccc1C(=O)NCCC(=O)N1CCCC[C@H]1c1nc2ccccc2s1. The van der Waals surface area contributed by atoms with Gasteiger partial charge in [0.25, 0.3) is 5.91 Å². The van der Waals surface area contributed by atoms with Gasteiger partial charge in [0.2, 0.25) is 5.91 Å². The molecule has 1 saturated heterocycles. The predicted molar refractivity (Wildman–Crippen MR) is 118 cm³/mol. The van der Waals surface area contributed by atoms with Crippen molar-refractivity contribution in [2.45, 2.75) is 31.7 Å². The molecule has 0 bridgehead atoms. The number of thiazole rings is 1. The molecule has 1 aliphatic heterocycles. The smallest absolute Gasteiger partial charge is 0.255 e. The van der Waals surface area contributed by atoms with Crippen molar-refractivity contribution in [3.8, 4) is 5.75 Å². The number of nitrogens with zero attached hydrogens (tertiary/aromatic N) is 2. The molecular formula is C23H25N3O3S. The molecule has 2 amide bonds. The van der Waals surface area contributed by atoms with Crippen LogP contribution in [0.5, 0.6) is 5.75 Å². The lowest BCUT2D eigenvalue weighted by molar-refractivity contribution is -0.134. The molecule has 0 unspecified atom stereocenters. The number of ether oxygens (including phenoxy) is 1. The number of carbonyl (C=O) groups is 2. The number of piperidine rings is 1. The Balaban J connectivity index is 1.39. The lowest BCUT2D eigenvalue weighted by Gasteiger charge is -2.34. The average Bonchev–Trinajstić information content (AvgIpc) is 3.23. The van der Waals surface area contributed by atoms with Crippen molar-refractivity contribution in [3.05, 3.63) is 59.1 Å². The van der Waals surface area contributed by atoms with E-state index < -0.39 is 0 Å². The Morgan fingerprint density at radius 3 is 2.80 bits per heavy atom. The third-order valence-electron chi connectivity index (χ3n) is 5.39. The first kappa shape index (κ1) is 20.3. The molecule has 2 heterocycles. The fourth-order valence-corrected chi connectivity index (χ4v) is 4.99. The van der Waals surface area contributed by atoms with E-state index >= 15 is 0 Å². The first-order valence-electron chi connectivity index (χ1n) is 10.2. The van der Waals surface area contributed by atoms with E-state index in [1.807, 2.05) is 29.2 Å². The van der Waals surface area contributed by atoms with Crippen LogP contribution in [0, 0.1) is 0 Å². The van der Waals surface area contributed by atoms with Crippen molar-refractivity contribution in [2.75, 3.05) is 20.2 Å². The van der Waals surface area contributed by atoms with Crippen molar-refractivity contribution in [1.82, 2.24) is 15.2 Å². The summed E-state index contributed by atoms with van der Waals surface area (Å²) in [6.07, 6.45) is 3.29. The molecular weight excluding hydrogens is 398 g/mol. The monoisotopic (exact) mass is 423 g/mol. The van der Waals surface area contributed by atoms with Crippen molar-refractivity contribution in [2.24, 2.45) is 0 Å². The van der Waals surface area contributed by atoms with Crippen molar-refractivity contribution in [3.63, 3.8) is 0 Å². The maximum Gasteiger partial charge on any atom is 0.255 e. The van der Waals surface area contributed by atoms with Crippen LogP contribution >= 0.6 is 11.3 Å². The maximum atomic E-state index is 13.0. The molecule has 1 N–H and O–H groups in total. The Morgan fingerprint density at radius 2 is 1.97 bits per heavy atom. The summed E-state index contributed by atoms with van der Waals surface area (Å²) in [6.45, 7) is 1.03. The van der Waals surface area contributed by atoms with Gasteiger partial charge in [0, 0.05) is 19.5 Å². The topological polar surface area (TPSA) is 71.5 Å². The second-order valence-corrected chi connectivity index (χ2v) is 8.39. The predicted octanol–water partition coefficient (Wildman–Crippen LogP) is 4.18. The number of hydrogen-bond acceptors (Lipinski definition) is 5. The zero-order valence-electron chi connectivity index (χ0n) is 17.0. The maximum absolute atomic E-state index is 13.0. The molecule has 0 radical (unpaired) electrons. The van der Waals surface area contributed by atoms with E-state index in [9.17, 15) is 9.59 Å². The van der Waals surface area contributed by atoms with Crippen LogP contribution in [0.1, 0.15) is 47.1 Å². The second-order valence-electron chi connectivity index (χ2n) is 7.32. The standard InChI is InChI=1S/C23H25N3O3S/c1-29-19-11-4-2-8-16(19)22(28)24-14-13-21(27)26-15-7-6-10-18(26)23-25-17-9-3-5-12-20(17)30-23/h2-5,8-9,11-12,18H,6-7,10,13-15H2,1H3,(H,24,28)/t18-/m0/s1. The fraction of sp³-hybridized carbons (Fsp3) is 0.348. The minimum atomic E-state index is -0.235. The number of benzene rings is 2. The van der Waals surface area contributed by atoms with Crippen LogP contribution in [0.4, 0.5) is 0 Å². The van der Waals surface area contributed by atoms with Crippen LogP contribution in [0.2, 0.25) is 0 Å². The Bertz CT molecular complexity index is 1020. The first-order valence-corrected chi connectivity index (χ1v) is 11.0. The van der Waals surface area contributed by atoms with Gasteiger partial charge in [-0.1, -0.05) is 24.3 Å². The second kappa shape index (κ2) is 9.26. The van der Waals surface area contributed by atoms with Gasteiger partial charge in [0.15, 0.2) is 0 Å². The van der Waals surface area contributed by atoms with E-state index in [0.29, 0.717) is 17.9 Å².